The van der Waals surface area contributed by atoms with E-state index in [9.17, 15) is 0 Å². The molecule has 0 radical (unpaired) electrons. The van der Waals surface area contributed by atoms with Gasteiger partial charge in [0.15, 0.2) is 0 Å². The van der Waals surface area contributed by atoms with Crippen LogP contribution in [0.4, 0.5) is 0 Å². The van der Waals surface area contributed by atoms with Crippen LogP contribution >= 0.6 is 22.9 Å². The van der Waals surface area contributed by atoms with Gasteiger partial charge >= 0.3 is 0 Å². The Balaban J connectivity index is 2.25. The van der Waals surface area contributed by atoms with Gasteiger partial charge in [-0.25, -0.2) is 4.98 Å². The number of rotatable bonds is 1. The monoisotopic (exact) mass is 245 g/mol. The van der Waals surface area contributed by atoms with Crippen LogP contribution in [0.3, 0.4) is 0 Å². The zero-order valence-corrected chi connectivity index (χ0v) is 9.92. The van der Waals surface area contributed by atoms with Crippen molar-refractivity contribution in [2.75, 3.05) is 0 Å². The van der Waals surface area contributed by atoms with Crippen molar-refractivity contribution >= 4 is 33.2 Å². The Hall–Kier alpha value is -1.38. The van der Waals surface area contributed by atoms with Crippen LogP contribution < -0.4 is 0 Å². The first kappa shape index (κ1) is 9.82. The van der Waals surface area contributed by atoms with Gasteiger partial charge in [0.2, 0.25) is 0 Å². The van der Waals surface area contributed by atoms with E-state index in [4.69, 9.17) is 11.6 Å². The van der Waals surface area contributed by atoms with Crippen LogP contribution in [0.5, 0.6) is 0 Å². The molecule has 2 aromatic carbocycles. The van der Waals surface area contributed by atoms with Crippen molar-refractivity contribution in [1.82, 2.24) is 4.98 Å². The van der Waals surface area contributed by atoms with E-state index in [1.807, 2.05) is 29.8 Å². The predicted octanol–water partition coefficient (Wildman–Crippen LogP) is 4.62. The van der Waals surface area contributed by atoms with Crippen molar-refractivity contribution in [2.45, 2.75) is 0 Å². The van der Waals surface area contributed by atoms with Crippen LogP contribution in [0.25, 0.3) is 21.3 Å². The predicted molar refractivity (Wildman–Crippen MR) is 70.1 cm³/mol. The quantitative estimate of drug-likeness (QED) is 0.610. The Bertz CT molecular complexity index is 628. The first-order valence-corrected chi connectivity index (χ1v) is 6.18. The summed E-state index contributed by atoms with van der Waals surface area (Å²) in [4.78, 5) is 4.40. The van der Waals surface area contributed by atoms with E-state index < -0.39 is 0 Å². The molecule has 3 aromatic rings. The van der Waals surface area contributed by atoms with Gasteiger partial charge in [-0.15, -0.1) is 11.3 Å². The lowest BCUT2D eigenvalue weighted by atomic mass is 10.1. The second-order valence-corrected chi connectivity index (χ2v) is 4.83. The summed E-state index contributed by atoms with van der Waals surface area (Å²) in [5.74, 6) is 0. The zero-order chi connectivity index (χ0) is 11.0. The number of halogens is 1. The smallest absolute Gasteiger partial charge is 0.0890 e. The molecule has 0 aliphatic rings. The van der Waals surface area contributed by atoms with Crippen molar-refractivity contribution in [3.8, 4) is 11.1 Å². The van der Waals surface area contributed by atoms with Gasteiger partial charge in [0, 0.05) is 10.6 Å². The molecule has 3 rings (SSSR count). The minimum atomic E-state index is 0.759. The van der Waals surface area contributed by atoms with E-state index in [0.29, 0.717) is 0 Å². The van der Waals surface area contributed by atoms with Gasteiger partial charge in [0.1, 0.15) is 0 Å². The SMILES string of the molecule is Clc1ccc(-c2cccc3scnc23)cc1. The molecule has 0 bridgehead atoms. The molecule has 0 amide bonds. The second-order valence-electron chi connectivity index (χ2n) is 3.51. The fraction of sp³-hybridized carbons (Fsp3) is 0. The number of hydrogen-bond donors (Lipinski definition) is 0. The molecule has 3 heteroatoms. The van der Waals surface area contributed by atoms with Gasteiger partial charge < -0.3 is 0 Å². The fourth-order valence-electron chi connectivity index (χ4n) is 1.75. The maximum Gasteiger partial charge on any atom is 0.0890 e. The van der Waals surface area contributed by atoms with Crippen LogP contribution in [0.2, 0.25) is 5.02 Å². The van der Waals surface area contributed by atoms with E-state index in [1.165, 1.54) is 4.70 Å². The highest BCUT2D eigenvalue weighted by Gasteiger charge is 2.05. The highest BCUT2D eigenvalue weighted by Crippen LogP contribution is 2.30. The van der Waals surface area contributed by atoms with Crippen LogP contribution in [0, 0.1) is 0 Å². The first-order chi connectivity index (χ1) is 7.84. The number of thiazole rings is 1. The molecule has 1 aromatic heterocycles. The molecular weight excluding hydrogens is 238 g/mol. The standard InChI is InChI=1S/C13H8ClNS/c14-10-6-4-9(5-7-10)11-2-1-3-12-13(11)15-8-16-12/h1-8H. The molecule has 1 nitrogen and oxygen atoms in total. The lowest BCUT2D eigenvalue weighted by Crippen LogP contribution is -1.79. The van der Waals surface area contributed by atoms with E-state index in [-0.39, 0.29) is 0 Å². The average Bonchev–Trinajstić information content (AvgIpc) is 2.78. The van der Waals surface area contributed by atoms with E-state index >= 15 is 0 Å². The minimum Gasteiger partial charge on any atom is -0.244 e. The van der Waals surface area contributed by atoms with Gasteiger partial charge in [-0.05, 0) is 23.8 Å². The van der Waals surface area contributed by atoms with E-state index in [0.717, 1.165) is 21.7 Å². The zero-order valence-electron chi connectivity index (χ0n) is 8.35. The third-order valence-corrected chi connectivity index (χ3v) is 3.56. The van der Waals surface area contributed by atoms with Gasteiger partial charge in [-0.3, -0.25) is 0 Å². The molecule has 0 saturated heterocycles. The summed E-state index contributed by atoms with van der Waals surface area (Å²) in [6.45, 7) is 0. The summed E-state index contributed by atoms with van der Waals surface area (Å²) in [6.07, 6.45) is 0. The summed E-state index contributed by atoms with van der Waals surface area (Å²) in [5.41, 5.74) is 5.26. The molecule has 78 valence electrons. The number of fused-ring (bicyclic) bond motifs is 1. The van der Waals surface area contributed by atoms with Crippen LogP contribution in [0.15, 0.2) is 48.0 Å². The molecule has 0 unspecified atom stereocenters. The maximum atomic E-state index is 5.88. The van der Waals surface area contributed by atoms with Crippen LogP contribution in [-0.4, -0.2) is 4.98 Å². The molecule has 0 saturated carbocycles. The molecule has 1 heterocycles. The Morgan fingerprint density at radius 3 is 2.62 bits per heavy atom. The number of nitrogens with zero attached hydrogens (tertiary/aromatic N) is 1. The third-order valence-electron chi connectivity index (χ3n) is 2.52. The Kier molecular flexibility index (Phi) is 2.39. The van der Waals surface area contributed by atoms with Crippen molar-refractivity contribution in [3.63, 3.8) is 0 Å². The van der Waals surface area contributed by atoms with Crippen molar-refractivity contribution in [3.05, 3.63) is 53.0 Å². The Labute approximate surface area is 102 Å². The number of hydrogen-bond acceptors (Lipinski definition) is 2. The Morgan fingerprint density at radius 1 is 1.00 bits per heavy atom. The van der Waals surface area contributed by atoms with E-state index in [1.54, 1.807) is 11.3 Å². The topological polar surface area (TPSA) is 12.9 Å². The summed E-state index contributed by atoms with van der Waals surface area (Å²) >= 11 is 7.54. The molecule has 16 heavy (non-hydrogen) atoms. The lowest BCUT2D eigenvalue weighted by Gasteiger charge is -2.02. The van der Waals surface area contributed by atoms with Gasteiger partial charge in [0.25, 0.3) is 0 Å². The number of benzene rings is 2. The van der Waals surface area contributed by atoms with Gasteiger partial charge in [-0.1, -0.05) is 35.9 Å². The fourth-order valence-corrected chi connectivity index (χ4v) is 2.58. The molecule has 0 N–H and O–H groups in total. The number of aromatic nitrogens is 1. The maximum absolute atomic E-state index is 5.88. The summed E-state index contributed by atoms with van der Waals surface area (Å²) in [6, 6.07) is 14.1. The lowest BCUT2D eigenvalue weighted by molar-refractivity contribution is 1.49. The molecule has 0 spiro atoms. The van der Waals surface area contributed by atoms with Crippen LogP contribution in [0.1, 0.15) is 0 Å². The van der Waals surface area contributed by atoms with E-state index in [2.05, 4.69) is 23.2 Å². The molecule has 0 fully saturated rings. The van der Waals surface area contributed by atoms with Gasteiger partial charge in [0.05, 0.1) is 15.7 Å². The minimum absolute atomic E-state index is 0.759. The van der Waals surface area contributed by atoms with Crippen molar-refractivity contribution < 1.29 is 0 Å². The number of para-hydroxylation sites is 1. The average molecular weight is 246 g/mol. The molecular formula is C13H8ClNS. The highest BCUT2D eigenvalue weighted by molar-refractivity contribution is 7.16. The largest absolute Gasteiger partial charge is 0.244 e. The second kappa shape index (κ2) is 3.89. The molecule has 0 aliphatic carbocycles. The molecule has 0 aliphatic heterocycles. The Morgan fingerprint density at radius 2 is 1.81 bits per heavy atom. The van der Waals surface area contributed by atoms with Gasteiger partial charge in [-0.2, -0.15) is 0 Å². The third kappa shape index (κ3) is 1.60. The molecule has 0 atom stereocenters. The normalized spacial score (nSPS) is 10.8. The van der Waals surface area contributed by atoms with Crippen molar-refractivity contribution in [1.29, 1.82) is 0 Å². The van der Waals surface area contributed by atoms with Crippen LogP contribution in [-0.2, 0) is 0 Å². The summed E-state index contributed by atoms with van der Waals surface area (Å²) < 4.78 is 1.22. The summed E-state index contributed by atoms with van der Waals surface area (Å²) in [5, 5.41) is 0.759. The highest BCUT2D eigenvalue weighted by atomic mass is 35.5. The van der Waals surface area contributed by atoms with Crippen molar-refractivity contribution in [2.24, 2.45) is 0 Å². The first-order valence-electron chi connectivity index (χ1n) is 4.93. The summed E-state index contributed by atoms with van der Waals surface area (Å²) in [7, 11) is 0.